The zero-order valence-corrected chi connectivity index (χ0v) is 12.5. The van der Waals surface area contributed by atoms with Crippen molar-refractivity contribution >= 4 is 0 Å². The highest BCUT2D eigenvalue weighted by atomic mass is 19.3. The fourth-order valence-corrected chi connectivity index (χ4v) is 3.38. The Balaban J connectivity index is 1.81. The van der Waals surface area contributed by atoms with E-state index in [1.54, 1.807) is 12.1 Å². The summed E-state index contributed by atoms with van der Waals surface area (Å²) in [6, 6.07) is 6.99. The average Bonchev–Trinajstić information content (AvgIpc) is 2.48. The molecule has 1 aliphatic carbocycles. The van der Waals surface area contributed by atoms with E-state index in [0.717, 1.165) is 5.92 Å². The molecule has 1 aromatic carbocycles. The van der Waals surface area contributed by atoms with Gasteiger partial charge in [-0.2, -0.15) is 0 Å². The van der Waals surface area contributed by atoms with Gasteiger partial charge < -0.3 is 0 Å². The summed E-state index contributed by atoms with van der Waals surface area (Å²) in [5, 5.41) is 0. The van der Waals surface area contributed by atoms with Gasteiger partial charge in [0.2, 0.25) is 0 Å². The van der Waals surface area contributed by atoms with Crippen LogP contribution in [0, 0.1) is 5.92 Å². The highest BCUT2D eigenvalue weighted by Gasteiger charge is 2.22. The lowest BCUT2D eigenvalue weighted by atomic mass is 9.77. The molecule has 1 aromatic rings. The third kappa shape index (κ3) is 4.29. The van der Waals surface area contributed by atoms with Crippen molar-refractivity contribution < 1.29 is 8.78 Å². The quantitative estimate of drug-likeness (QED) is 0.523. The Labute approximate surface area is 121 Å². The molecule has 2 heteroatoms. The Morgan fingerprint density at radius 1 is 1.00 bits per heavy atom. The number of unbranched alkanes of at least 4 members (excludes halogenated alkanes) is 2. The molecule has 0 aromatic heterocycles. The van der Waals surface area contributed by atoms with Gasteiger partial charge in [-0.25, -0.2) is 8.78 Å². The molecule has 1 fully saturated rings. The molecular formula is C18H26F2. The van der Waals surface area contributed by atoms with Crippen molar-refractivity contribution in [3.05, 3.63) is 35.4 Å². The largest absolute Gasteiger partial charge is 0.263 e. The predicted molar refractivity (Wildman–Crippen MR) is 80.2 cm³/mol. The molecule has 20 heavy (non-hydrogen) atoms. The van der Waals surface area contributed by atoms with Gasteiger partial charge in [0.15, 0.2) is 0 Å². The highest BCUT2D eigenvalue weighted by molar-refractivity contribution is 5.26. The summed E-state index contributed by atoms with van der Waals surface area (Å²) in [5.41, 5.74) is 1.39. The molecule has 0 N–H and O–H groups in total. The van der Waals surface area contributed by atoms with Crippen LogP contribution in [0.4, 0.5) is 8.78 Å². The van der Waals surface area contributed by atoms with E-state index in [1.165, 1.54) is 56.9 Å². The maximum Gasteiger partial charge on any atom is 0.263 e. The molecule has 0 spiro atoms. The Morgan fingerprint density at radius 3 is 2.20 bits per heavy atom. The number of hydrogen-bond acceptors (Lipinski definition) is 0. The van der Waals surface area contributed by atoms with Gasteiger partial charge in [0.1, 0.15) is 0 Å². The van der Waals surface area contributed by atoms with E-state index in [2.05, 4.69) is 6.92 Å². The Morgan fingerprint density at radius 2 is 1.65 bits per heavy atom. The van der Waals surface area contributed by atoms with Crippen LogP contribution in [0.3, 0.4) is 0 Å². The van der Waals surface area contributed by atoms with E-state index >= 15 is 0 Å². The molecule has 0 unspecified atom stereocenters. The van der Waals surface area contributed by atoms with Gasteiger partial charge >= 0.3 is 0 Å². The van der Waals surface area contributed by atoms with Crippen molar-refractivity contribution in [2.75, 3.05) is 0 Å². The molecule has 0 heterocycles. The van der Waals surface area contributed by atoms with Gasteiger partial charge in [-0.15, -0.1) is 0 Å². The Kier molecular flexibility index (Phi) is 6.00. The number of hydrogen-bond donors (Lipinski definition) is 0. The molecule has 0 bridgehead atoms. The molecule has 0 atom stereocenters. The summed E-state index contributed by atoms with van der Waals surface area (Å²) in [6.07, 6.45) is 8.13. The Bertz CT molecular complexity index is 375. The standard InChI is InChI=1S/C18H26F2/c1-2-3-4-5-14-6-8-15(9-7-14)16-10-12-17(13-11-16)18(19)20/h10-15,18H,2-9H2,1H3. The first-order valence-electron chi connectivity index (χ1n) is 8.08. The first-order valence-corrected chi connectivity index (χ1v) is 8.08. The lowest BCUT2D eigenvalue weighted by molar-refractivity contribution is 0.151. The van der Waals surface area contributed by atoms with Crippen LogP contribution in [0.1, 0.15) is 81.8 Å². The molecule has 0 aliphatic heterocycles. The minimum Gasteiger partial charge on any atom is -0.205 e. The molecule has 1 saturated carbocycles. The van der Waals surface area contributed by atoms with Crippen LogP contribution in [0.25, 0.3) is 0 Å². The summed E-state index contributed by atoms with van der Waals surface area (Å²) in [4.78, 5) is 0. The summed E-state index contributed by atoms with van der Waals surface area (Å²) in [6.45, 7) is 2.25. The number of alkyl halides is 2. The summed E-state index contributed by atoms with van der Waals surface area (Å²) in [7, 11) is 0. The third-order valence-electron chi connectivity index (χ3n) is 4.72. The number of benzene rings is 1. The summed E-state index contributed by atoms with van der Waals surface area (Å²) >= 11 is 0. The van der Waals surface area contributed by atoms with E-state index in [4.69, 9.17) is 0 Å². The molecule has 1 aliphatic rings. The molecule has 0 saturated heterocycles. The molecule has 0 nitrogen and oxygen atoms in total. The van der Waals surface area contributed by atoms with Crippen molar-refractivity contribution in [3.8, 4) is 0 Å². The van der Waals surface area contributed by atoms with Gasteiger partial charge in [0.05, 0.1) is 0 Å². The normalized spacial score (nSPS) is 23.2. The third-order valence-corrected chi connectivity index (χ3v) is 4.72. The van der Waals surface area contributed by atoms with Gasteiger partial charge in [-0.1, -0.05) is 56.9 Å². The molecule has 112 valence electrons. The van der Waals surface area contributed by atoms with Crippen LogP contribution in [0.15, 0.2) is 24.3 Å². The lowest BCUT2D eigenvalue weighted by Crippen LogP contribution is -2.13. The lowest BCUT2D eigenvalue weighted by Gasteiger charge is -2.29. The first kappa shape index (κ1) is 15.5. The van der Waals surface area contributed by atoms with Crippen LogP contribution in [-0.2, 0) is 0 Å². The van der Waals surface area contributed by atoms with Crippen LogP contribution < -0.4 is 0 Å². The van der Waals surface area contributed by atoms with Crippen molar-refractivity contribution in [2.45, 2.75) is 70.6 Å². The molecular weight excluding hydrogens is 254 g/mol. The fraction of sp³-hybridized carbons (Fsp3) is 0.667. The van der Waals surface area contributed by atoms with Crippen LogP contribution in [0.2, 0.25) is 0 Å². The second-order valence-corrected chi connectivity index (χ2v) is 6.18. The summed E-state index contributed by atoms with van der Waals surface area (Å²) < 4.78 is 25.1. The fourth-order valence-electron chi connectivity index (χ4n) is 3.38. The summed E-state index contributed by atoms with van der Waals surface area (Å²) in [5.74, 6) is 1.49. The van der Waals surface area contributed by atoms with Crippen LogP contribution in [0.5, 0.6) is 0 Å². The van der Waals surface area contributed by atoms with Gasteiger partial charge in [0.25, 0.3) is 6.43 Å². The van der Waals surface area contributed by atoms with E-state index < -0.39 is 6.43 Å². The zero-order chi connectivity index (χ0) is 14.4. The number of rotatable bonds is 6. The van der Waals surface area contributed by atoms with Gasteiger partial charge in [-0.3, -0.25) is 0 Å². The maximum atomic E-state index is 12.5. The van der Waals surface area contributed by atoms with Gasteiger partial charge in [-0.05, 0) is 43.1 Å². The zero-order valence-electron chi connectivity index (χ0n) is 12.5. The van der Waals surface area contributed by atoms with E-state index in [1.807, 2.05) is 12.1 Å². The first-order chi connectivity index (χ1) is 9.70. The van der Waals surface area contributed by atoms with E-state index in [9.17, 15) is 8.78 Å². The monoisotopic (exact) mass is 280 g/mol. The highest BCUT2D eigenvalue weighted by Crippen LogP contribution is 2.38. The molecule has 0 radical (unpaired) electrons. The smallest absolute Gasteiger partial charge is 0.205 e. The SMILES string of the molecule is CCCCCC1CCC(c2ccc(C(F)F)cc2)CC1. The van der Waals surface area contributed by atoms with Crippen molar-refractivity contribution in [3.63, 3.8) is 0 Å². The van der Waals surface area contributed by atoms with Crippen LogP contribution >= 0.6 is 0 Å². The van der Waals surface area contributed by atoms with Crippen molar-refractivity contribution in [1.29, 1.82) is 0 Å². The van der Waals surface area contributed by atoms with E-state index in [0.29, 0.717) is 5.92 Å². The van der Waals surface area contributed by atoms with Crippen molar-refractivity contribution in [2.24, 2.45) is 5.92 Å². The average molecular weight is 280 g/mol. The van der Waals surface area contributed by atoms with Crippen LogP contribution in [-0.4, -0.2) is 0 Å². The molecule has 2 rings (SSSR count). The Hall–Kier alpha value is -0.920. The maximum absolute atomic E-state index is 12.5. The van der Waals surface area contributed by atoms with Gasteiger partial charge in [0, 0.05) is 5.56 Å². The second kappa shape index (κ2) is 7.75. The molecule has 0 amide bonds. The topological polar surface area (TPSA) is 0 Å². The minimum atomic E-state index is -2.35. The van der Waals surface area contributed by atoms with Crippen molar-refractivity contribution in [1.82, 2.24) is 0 Å². The number of halogens is 2. The minimum absolute atomic E-state index is 0.141. The van der Waals surface area contributed by atoms with E-state index in [-0.39, 0.29) is 5.56 Å². The second-order valence-electron chi connectivity index (χ2n) is 6.18. The predicted octanol–water partition coefficient (Wildman–Crippen LogP) is 6.48.